The highest BCUT2D eigenvalue weighted by Crippen LogP contribution is 2.25. The molecular formula is C10H10N2O3S. The fourth-order valence-electron chi connectivity index (χ4n) is 1.53. The summed E-state index contributed by atoms with van der Waals surface area (Å²) >= 11 is 1.41. The van der Waals surface area contributed by atoms with Crippen LogP contribution in [0.5, 0.6) is 0 Å². The fourth-order valence-corrected chi connectivity index (χ4v) is 2.58. The van der Waals surface area contributed by atoms with Crippen molar-refractivity contribution in [3.05, 3.63) is 26.6 Å². The molecule has 0 fully saturated rings. The SMILES string of the molecule is Cc1sc2nc(CC(=O)O)[nH]c(=O)c2c1C. The van der Waals surface area contributed by atoms with Crippen molar-refractivity contribution < 1.29 is 9.90 Å². The Morgan fingerprint density at radius 2 is 2.19 bits per heavy atom. The Morgan fingerprint density at radius 3 is 2.81 bits per heavy atom. The van der Waals surface area contributed by atoms with E-state index in [2.05, 4.69) is 9.97 Å². The summed E-state index contributed by atoms with van der Waals surface area (Å²) < 4.78 is 0. The van der Waals surface area contributed by atoms with Gasteiger partial charge in [0.05, 0.1) is 5.39 Å². The van der Waals surface area contributed by atoms with Gasteiger partial charge in [-0.1, -0.05) is 0 Å². The minimum atomic E-state index is -1.01. The zero-order chi connectivity index (χ0) is 11.9. The standard InChI is InChI=1S/C10H10N2O3S/c1-4-5(2)16-10-8(4)9(15)11-6(12-10)3-7(13)14/h3H2,1-2H3,(H,13,14)(H,11,12,15). The molecule has 2 N–H and O–H groups in total. The van der Waals surface area contributed by atoms with E-state index in [0.29, 0.717) is 10.2 Å². The Labute approximate surface area is 94.8 Å². The van der Waals surface area contributed by atoms with Crippen LogP contribution in [0.3, 0.4) is 0 Å². The van der Waals surface area contributed by atoms with Crippen LogP contribution in [0, 0.1) is 13.8 Å². The molecule has 0 atom stereocenters. The second kappa shape index (κ2) is 3.71. The lowest BCUT2D eigenvalue weighted by atomic mass is 10.2. The number of carboxylic acids is 1. The van der Waals surface area contributed by atoms with Gasteiger partial charge in [-0.05, 0) is 19.4 Å². The lowest BCUT2D eigenvalue weighted by Crippen LogP contribution is -2.14. The number of rotatable bonds is 2. The lowest BCUT2D eigenvalue weighted by Gasteiger charge is -1.96. The largest absolute Gasteiger partial charge is 0.481 e. The number of carboxylic acid groups (broad SMARTS) is 1. The number of hydrogen-bond acceptors (Lipinski definition) is 4. The van der Waals surface area contributed by atoms with Crippen molar-refractivity contribution in [2.75, 3.05) is 0 Å². The first-order valence-corrected chi connectivity index (χ1v) is 5.51. The number of aryl methyl sites for hydroxylation is 2. The highest BCUT2D eigenvalue weighted by molar-refractivity contribution is 7.18. The van der Waals surface area contributed by atoms with E-state index in [4.69, 9.17) is 5.11 Å². The second-order valence-corrected chi connectivity index (χ2v) is 4.75. The Kier molecular flexibility index (Phi) is 2.51. The number of H-pyrrole nitrogens is 1. The third-order valence-electron chi connectivity index (χ3n) is 2.41. The van der Waals surface area contributed by atoms with Crippen LogP contribution in [0.2, 0.25) is 0 Å². The Balaban J connectivity index is 2.69. The number of fused-ring (bicyclic) bond motifs is 1. The maximum atomic E-state index is 11.7. The molecule has 5 nitrogen and oxygen atoms in total. The summed E-state index contributed by atoms with van der Waals surface area (Å²) in [7, 11) is 0. The van der Waals surface area contributed by atoms with E-state index in [-0.39, 0.29) is 17.8 Å². The van der Waals surface area contributed by atoms with Gasteiger partial charge in [-0.25, -0.2) is 4.98 Å². The zero-order valence-electron chi connectivity index (χ0n) is 8.83. The first kappa shape index (κ1) is 10.8. The zero-order valence-corrected chi connectivity index (χ0v) is 9.64. The molecule has 0 unspecified atom stereocenters. The smallest absolute Gasteiger partial charge is 0.311 e. The monoisotopic (exact) mass is 238 g/mol. The van der Waals surface area contributed by atoms with Crippen LogP contribution in [0.4, 0.5) is 0 Å². The number of aromatic nitrogens is 2. The molecule has 16 heavy (non-hydrogen) atoms. The van der Waals surface area contributed by atoms with Gasteiger partial charge in [-0.3, -0.25) is 9.59 Å². The molecule has 0 amide bonds. The van der Waals surface area contributed by atoms with Crippen LogP contribution in [-0.2, 0) is 11.2 Å². The number of thiophene rings is 1. The molecule has 2 aromatic rings. The first-order chi connectivity index (χ1) is 7.49. The summed E-state index contributed by atoms with van der Waals surface area (Å²) in [5.74, 6) is -0.807. The number of nitrogens with zero attached hydrogens (tertiary/aromatic N) is 1. The van der Waals surface area contributed by atoms with Crippen LogP contribution >= 0.6 is 11.3 Å². The van der Waals surface area contributed by atoms with Crippen molar-refractivity contribution in [1.82, 2.24) is 9.97 Å². The lowest BCUT2D eigenvalue weighted by molar-refractivity contribution is -0.136. The molecule has 84 valence electrons. The summed E-state index contributed by atoms with van der Waals surface area (Å²) in [4.78, 5) is 30.5. The van der Waals surface area contributed by atoms with Crippen LogP contribution < -0.4 is 5.56 Å². The molecule has 2 aromatic heterocycles. The summed E-state index contributed by atoms with van der Waals surface area (Å²) in [6.07, 6.45) is -0.263. The average molecular weight is 238 g/mol. The van der Waals surface area contributed by atoms with Crippen molar-refractivity contribution in [2.24, 2.45) is 0 Å². The Bertz CT molecular complexity index is 627. The predicted molar refractivity (Wildman–Crippen MR) is 61.1 cm³/mol. The molecular weight excluding hydrogens is 228 g/mol. The molecule has 0 spiro atoms. The quantitative estimate of drug-likeness (QED) is 0.824. The second-order valence-electron chi connectivity index (χ2n) is 3.55. The third kappa shape index (κ3) is 1.71. The van der Waals surface area contributed by atoms with Crippen molar-refractivity contribution in [3.63, 3.8) is 0 Å². The predicted octanol–water partition coefficient (Wildman–Crippen LogP) is 1.23. The van der Waals surface area contributed by atoms with E-state index in [9.17, 15) is 9.59 Å². The maximum absolute atomic E-state index is 11.7. The van der Waals surface area contributed by atoms with Gasteiger partial charge in [0.2, 0.25) is 0 Å². The molecule has 0 aliphatic heterocycles. The molecule has 0 saturated carbocycles. The molecule has 0 radical (unpaired) electrons. The first-order valence-electron chi connectivity index (χ1n) is 4.69. The summed E-state index contributed by atoms with van der Waals surface area (Å²) in [6, 6.07) is 0. The number of aromatic amines is 1. The van der Waals surface area contributed by atoms with Crippen LogP contribution in [0.15, 0.2) is 4.79 Å². The van der Waals surface area contributed by atoms with E-state index in [1.54, 1.807) is 0 Å². The number of hydrogen-bond donors (Lipinski definition) is 2. The summed E-state index contributed by atoms with van der Waals surface area (Å²) in [6.45, 7) is 3.78. The normalized spacial score (nSPS) is 10.9. The van der Waals surface area contributed by atoms with Gasteiger partial charge in [0.15, 0.2) is 0 Å². The van der Waals surface area contributed by atoms with E-state index in [0.717, 1.165) is 10.4 Å². The number of nitrogens with one attached hydrogen (secondary N) is 1. The van der Waals surface area contributed by atoms with Gasteiger partial charge >= 0.3 is 5.97 Å². The van der Waals surface area contributed by atoms with Gasteiger partial charge in [0.1, 0.15) is 17.1 Å². The third-order valence-corrected chi connectivity index (χ3v) is 3.51. The number of carbonyl (C=O) groups is 1. The molecule has 0 aliphatic carbocycles. The van der Waals surface area contributed by atoms with Gasteiger partial charge in [-0.2, -0.15) is 0 Å². The Hall–Kier alpha value is -1.69. The summed E-state index contributed by atoms with van der Waals surface area (Å²) in [5, 5.41) is 9.20. The minimum Gasteiger partial charge on any atom is -0.481 e. The molecule has 2 rings (SSSR count). The number of aliphatic carboxylic acids is 1. The Morgan fingerprint density at radius 1 is 1.50 bits per heavy atom. The molecule has 0 bridgehead atoms. The van der Waals surface area contributed by atoms with E-state index >= 15 is 0 Å². The van der Waals surface area contributed by atoms with Gasteiger partial charge in [0.25, 0.3) is 5.56 Å². The van der Waals surface area contributed by atoms with Crippen molar-refractivity contribution in [1.29, 1.82) is 0 Å². The van der Waals surface area contributed by atoms with E-state index in [1.807, 2.05) is 13.8 Å². The van der Waals surface area contributed by atoms with Crippen molar-refractivity contribution in [2.45, 2.75) is 20.3 Å². The molecule has 0 aromatic carbocycles. The molecule has 0 saturated heterocycles. The fraction of sp³-hybridized carbons (Fsp3) is 0.300. The molecule has 6 heteroatoms. The van der Waals surface area contributed by atoms with E-state index < -0.39 is 5.97 Å². The van der Waals surface area contributed by atoms with Crippen molar-refractivity contribution >= 4 is 27.5 Å². The van der Waals surface area contributed by atoms with Crippen LogP contribution in [-0.4, -0.2) is 21.0 Å². The molecule has 2 heterocycles. The average Bonchev–Trinajstić information content (AvgIpc) is 2.41. The van der Waals surface area contributed by atoms with Gasteiger partial charge in [-0.15, -0.1) is 11.3 Å². The minimum absolute atomic E-state index is 0.200. The van der Waals surface area contributed by atoms with E-state index in [1.165, 1.54) is 11.3 Å². The highest BCUT2D eigenvalue weighted by Gasteiger charge is 2.12. The van der Waals surface area contributed by atoms with Crippen molar-refractivity contribution in [3.8, 4) is 0 Å². The summed E-state index contributed by atoms with van der Waals surface area (Å²) in [5.41, 5.74) is 0.652. The highest BCUT2D eigenvalue weighted by atomic mass is 32.1. The maximum Gasteiger partial charge on any atom is 0.311 e. The molecule has 0 aliphatic rings. The topological polar surface area (TPSA) is 83.0 Å². The van der Waals surface area contributed by atoms with Gasteiger partial charge in [0, 0.05) is 4.88 Å². The van der Waals surface area contributed by atoms with Crippen LogP contribution in [0.25, 0.3) is 10.2 Å². The van der Waals surface area contributed by atoms with Gasteiger partial charge < -0.3 is 10.1 Å². The van der Waals surface area contributed by atoms with Crippen LogP contribution in [0.1, 0.15) is 16.3 Å².